The van der Waals surface area contributed by atoms with Crippen molar-refractivity contribution in [1.82, 2.24) is 4.98 Å². The maximum atomic E-state index is 12.7. The van der Waals surface area contributed by atoms with Crippen LogP contribution in [0.25, 0.3) is 10.9 Å². The van der Waals surface area contributed by atoms with Gasteiger partial charge in [-0.3, -0.25) is 4.79 Å². The molecule has 1 aromatic heterocycles. The minimum atomic E-state index is -0.452. The van der Waals surface area contributed by atoms with Crippen molar-refractivity contribution in [2.45, 2.75) is 25.2 Å². The fourth-order valence-corrected chi connectivity index (χ4v) is 4.00. The maximum absolute atomic E-state index is 12.7. The van der Waals surface area contributed by atoms with E-state index in [1.165, 1.54) is 7.11 Å². The minimum Gasteiger partial charge on any atom is -0.465 e. The molecule has 0 saturated carbocycles. The van der Waals surface area contributed by atoms with Gasteiger partial charge in [0.05, 0.1) is 24.3 Å². The van der Waals surface area contributed by atoms with Gasteiger partial charge in [0.15, 0.2) is 5.78 Å². The summed E-state index contributed by atoms with van der Waals surface area (Å²) in [4.78, 5) is 28.3. The Morgan fingerprint density at radius 3 is 2.85 bits per heavy atom. The third kappa shape index (κ3) is 2.80. The van der Waals surface area contributed by atoms with Crippen LogP contribution in [0, 0.1) is 11.3 Å². The molecule has 0 fully saturated rings. The quantitative estimate of drug-likeness (QED) is 0.714. The predicted molar refractivity (Wildman–Crippen MR) is 101 cm³/mol. The number of nitrogens with one attached hydrogen (secondary N) is 1. The van der Waals surface area contributed by atoms with Gasteiger partial charge in [-0.15, -0.1) is 0 Å². The molecule has 0 radical (unpaired) electrons. The van der Waals surface area contributed by atoms with E-state index in [0.29, 0.717) is 41.3 Å². The van der Waals surface area contributed by atoms with Crippen LogP contribution in [-0.2, 0) is 11.2 Å². The number of hydrogen-bond acceptors (Lipinski definition) is 4. The number of hydrogen-bond donors (Lipinski definition) is 1. The van der Waals surface area contributed by atoms with Gasteiger partial charge in [-0.2, -0.15) is 5.26 Å². The van der Waals surface area contributed by atoms with Crippen molar-refractivity contribution >= 4 is 22.7 Å². The first-order valence-electron chi connectivity index (χ1n) is 8.88. The highest BCUT2D eigenvalue weighted by molar-refractivity contribution is 6.16. The molecule has 1 atom stereocenters. The lowest BCUT2D eigenvalue weighted by Crippen LogP contribution is -2.17. The lowest BCUT2D eigenvalue weighted by atomic mass is 9.81. The van der Waals surface area contributed by atoms with Gasteiger partial charge in [0.1, 0.15) is 0 Å². The van der Waals surface area contributed by atoms with E-state index < -0.39 is 5.97 Å². The highest BCUT2D eigenvalue weighted by atomic mass is 16.5. The lowest BCUT2D eigenvalue weighted by molar-refractivity contribution is 0.0603. The van der Waals surface area contributed by atoms with Gasteiger partial charge in [-0.1, -0.05) is 24.3 Å². The summed E-state index contributed by atoms with van der Waals surface area (Å²) in [6, 6.07) is 15.1. The molecule has 1 N–H and O–H groups in total. The van der Waals surface area contributed by atoms with Crippen molar-refractivity contribution in [3.05, 3.63) is 70.4 Å². The van der Waals surface area contributed by atoms with Crippen molar-refractivity contribution < 1.29 is 14.3 Å². The summed E-state index contributed by atoms with van der Waals surface area (Å²) in [7, 11) is 1.34. The van der Waals surface area contributed by atoms with E-state index in [0.717, 1.165) is 16.8 Å². The Kier molecular flexibility index (Phi) is 4.25. The molecule has 0 bridgehead atoms. The third-order valence-corrected chi connectivity index (χ3v) is 5.27. The number of methoxy groups -OCH3 is 1. The second-order valence-corrected chi connectivity index (χ2v) is 6.77. The summed E-state index contributed by atoms with van der Waals surface area (Å²) in [5.41, 5.74) is 4.23. The highest BCUT2D eigenvalue weighted by Crippen LogP contribution is 2.39. The number of benzene rings is 2. The van der Waals surface area contributed by atoms with Crippen molar-refractivity contribution in [3.8, 4) is 6.07 Å². The molecule has 134 valence electrons. The summed E-state index contributed by atoms with van der Waals surface area (Å²) in [5, 5.41) is 10.0. The number of carbonyl (C=O) groups excluding carboxylic acids is 2. The zero-order valence-corrected chi connectivity index (χ0v) is 14.9. The number of Topliss-reactive ketones (excluding diaryl/α,β-unsaturated/α-hetero) is 1. The van der Waals surface area contributed by atoms with Gasteiger partial charge in [0.2, 0.25) is 0 Å². The average molecular weight is 358 g/mol. The van der Waals surface area contributed by atoms with E-state index >= 15 is 0 Å². The van der Waals surface area contributed by atoms with E-state index in [4.69, 9.17) is 4.74 Å². The van der Waals surface area contributed by atoms with Crippen LogP contribution in [0.15, 0.2) is 42.5 Å². The monoisotopic (exact) mass is 358 g/mol. The number of carbonyl (C=O) groups is 2. The first-order valence-corrected chi connectivity index (χ1v) is 8.88. The van der Waals surface area contributed by atoms with Crippen molar-refractivity contribution in [2.75, 3.05) is 7.11 Å². The number of esters is 1. The Bertz CT molecular complexity index is 1100. The molecule has 0 saturated heterocycles. The van der Waals surface area contributed by atoms with Crippen LogP contribution >= 0.6 is 0 Å². The number of fused-ring (bicyclic) bond motifs is 3. The van der Waals surface area contributed by atoms with Gasteiger partial charge < -0.3 is 9.72 Å². The van der Waals surface area contributed by atoms with Crippen LogP contribution in [0.4, 0.5) is 0 Å². The molecule has 27 heavy (non-hydrogen) atoms. The molecule has 1 aliphatic rings. The lowest BCUT2D eigenvalue weighted by Gasteiger charge is -2.22. The van der Waals surface area contributed by atoms with Crippen LogP contribution in [-0.4, -0.2) is 23.8 Å². The standard InChI is InChI=1S/C22H18N2O3/c1-27-22(26)16-7-4-8-17-19(16)20-18(25)10-9-14(21(20)24-17)11-13-5-2-3-6-15(13)12-23/h2-8,14,24H,9-11H2,1H3. The van der Waals surface area contributed by atoms with Crippen LogP contribution in [0.2, 0.25) is 0 Å². The van der Waals surface area contributed by atoms with Gasteiger partial charge in [-0.05, 0) is 36.6 Å². The van der Waals surface area contributed by atoms with Gasteiger partial charge in [0, 0.05) is 34.5 Å². The summed E-state index contributed by atoms with van der Waals surface area (Å²) in [6.07, 6.45) is 1.81. The second kappa shape index (κ2) is 6.73. The van der Waals surface area contributed by atoms with Crippen LogP contribution in [0.1, 0.15) is 56.3 Å². The number of aromatic nitrogens is 1. The molecule has 2 aromatic carbocycles. The van der Waals surface area contributed by atoms with Crippen molar-refractivity contribution in [2.24, 2.45) is 0 Å². The number of ketones is 1. The van der Waals surface area contributed by atoms with E-state index in [1.54, 1.807) is 12.1 Å². The van der Waals surface area contributed by atoms with E-state index in [2.05, 4.69) is 11.1 Å². The Morgan fingerprint density at radius 1 is 1.26 bits per heavy atom. The topological polar surface area (TPSA) is 83.0 Å². The predicted octanol–water partition coefficient (Wildman–Crippen LogP) is 4.13. The normalized spacial score (nSPS) is 16.0. The zero-order chi connectivity index (χ0) is 19.0. The molecule has 5 nitrogen and oxygen atoms in total. The average Bonchev–Trinajstić information content (AvgIpc) is 3.10. The van der Waals surface area contributed by atoms with Crippen LogP contribution < -0.4 is 0 Å². The second-order valence-electron chi connectivity index (χ2n) is 6.77. The van der Waals surface area contributed by atoms with Gasteiger partial charge >= 0.3 is 5.97 Å². The molecular weight excluding hydrogens is 340 g/mol. The number of rotatable bonds is 3. The number of nitriles is 1. The molecule has 5 heteroatoms. The van der Waals surface area contributed by atoms with Crippen molar-refractivity contribution in [1.29, 1.82) is 5.26 Å². The number of ether oxygens (including phenoxy) is 1. The van der Waals surface area contributed by atoms with Gasteiger partial charge in [-0.25, -0.2) is 4.79 Å². The molecule has 1 aliphatic carbocycles. The number of H-pyrrole nitrogens is 1. The van der Waals surface area contributed by atoms with Gasteiger partial charge in [0.25, 0.3) is 0 Å². The Balaban J connectivity index is 1.85. The molecule has 1 heterocycles. The molecule has 0 spiro atoms. The molecule has 4 rings (SSSR count). The van der Waals surface area contributed by atoms with Crippen molar-refractivity contribution in [3.63, 3.8) is 0 Å². The summed E-state index contributed by atoms with van der Waals surface area (Å²) in [5.74, 6) is -0.324. The summed E-state index contributed by atoms with van der Waals surface area (Å²) in [6.45, 7) is 0. The fourth-order valence-electron chi connectivity index (χ4n) is 4.00. The first-order chi connectivity index (χ1) is 13.1. The Morgan fingerprint density at radius 2 is 2.07 bits per heavy atom. The molecule has 0 aliphatic heterocycles. The summed E-state index contributed by atoms with van der Waals surface area (Å²) >= 11 is 0. The van der Waals surface area contributed by atoms with E-state index in [-0.39, 0.29) is 11.7 Å². The molecule has 3 aromatic rings. The third-order valence-electron chi connectivity index (χ3n) is 5.27. The SMILES string of the molecule is COC(=O)c1cccc2[nH]c3c(c12)C(=O)CCC3Cc1ccccc1C#N. The maximum Gasteiger partial charge on any atom is 0.338 e. The van der Waals surface area contributed by atoms with E-state index in [1.807, 2.05) is 30.3 Å². The Labute approximate surface area is 156 Å². The number of nitrogens with zero attached hydrogens (tertiary/aromatic N) is 1. The molecular formula is C22H18N2O3. The highest BCUT2D eigenvalue weighted by Gasteiger charge is 2.32. The molecule has 0 amide bonds. The first kappa shape index (κ1) is 17.0. The Hall–Kier alpha value is -3.39. The zero-order valence-electron chi connectivity index (χ0n) is 14.9. The molecule has 1 unspecified atom stereocenters. The van der Waals surface area contributed by atoms with Crippen LogP contribution in [0.3, 0.4) is 0 Å². The summed E-state index contributed by atoms with van der Waals surface area (Å²) < 4.78 is 4.89. The van der Waals surface area contributed by atoms with E-state index in [9.17, 15) is 14.9 Å². The number of aromatic amines is 1. The van der Waals surface area contributed by atoms with Crippen LogP contribution in [0.5, 0.6) is 0 Å². The smallest absolute Gasteiger partial charge is 0.338 e. The largest absolute Gasteiger partial charge is 0.465 e. The fraction of sp³-hybridized carbons (Fsp3) is 0.227. The minimum absolute atomic E-state index is 0.0393.